The first-order valence-electron chi connectivity index (χ1n) is 10.5. The number of carbonyl (C=O) groups is 1. The Hall–Kier alpha value is -4.31. The second kappa shape index (κ2) is 8.32. The molecule has 1 unspecified atom stereocenters. The molecule has 1 aromatic heterocycles. The van der Waals surface area contributed by atoms with E-state index in [1.165, 1.54) is 24.3 Å². The molecule has 1 N–H and O–H groups in total. The van der Waals surface area contributed by atoms with E-state index in [4.69, 9.17) is 9.47 Å². The highest BCUT2D eigenvalue weighted by Gasteiger charge is 2.35. The predicted molar refractivity (Wildman–Crippen MR) is 121 cm³/mol. The number of halogens is 1. The minimum Gasteiger partial charge on any atom is -0.497 e. The smallest absolute Gasteiger partial charge is 0.416 e. The molecule has 2 heterocycles. The maximum Gasteiger partial charge on any atom is 0.416 e. The fourth-order valence-electron chi connectivity index (χ4n) is 4.35. The van der Waals surface area contributed by atoms with Gasteiger partial charge in [-0.15, -0.1) is 0 Å². The molecule has 1 amide bonds. The predicted octanol–water partition coefficient (Wildman–Crippen LogP) is 5.33. The van der Waals surface area contributed by atoms with Crippen molar-refractivity contribution in [2.24, 2.45) is 0 Å². The van der Waals surface area contributed by atoms with Crippen LogP contribution in [-0.2, 0) is 6.42 Å². The number of aromatic nitrogens is 1. The number of ether oxygens (including phenoxy) is 2. The summed E-state index contributed by atoms with van der Waals surface area (Å²) in [4.78, 5) is 18.3. The van der Waals surface area contributed by atoms with Crippen molar-refractivity contribution in [3.63, 3.8) is 0 Å². The first kappa shape index (κ1) is 20.6. The monoisotopic (exact) mass is 441 g/mol. The number of H-pyrrole nitrogens is 1. The number of hydrogen-bond acceptors (Lipinski definition) is 4. The minimum absolute atomic E-state index is 0.274. The van der Waals surface area contributed by atoms with Gasteiger partial charge in [0.2, 0.25) is 0 Å². The van der Waals surface area contributed by atoms with Crippen molar-refractivity contribution in [3.8, 4) is 17.6 Å². The maximum absolute atomic E-state index is 13.3. The molecule has 1 atom stereocenters. The summed E-state index contributed by atoms with van der Waals surface area (Å²) in [6, 6.07) is 20.2. The molecule has 0 aliphatic carbocycles. The summed E-state index contributed by atoms with van der Waals surface area (Å²) in [7, 11) is 1.60. The van der Waals surface area contributed by atoms with E-state index < -0.39 is 18.0 Å². The van der Waals surface area contributed by atoms with Gasteiger partial charge in [0.25, 0.3) is 0 Å². The average Bonchev–Trinajstić information content (AvgIpc) is 3.22. The van der Waals surface area contributed by atoms with E-state index in [0.29, 0.717) is 24.3 Å². The second-order valence-electron chi connectivity index (χ2n) is 7.83. The SMILES string of the molecule is COc1ccc(C2c3[nH]c4ccc(C#N)cc4c3CCN2C(=O)Oc2ccc(F)cc2)cc1. The van der Waals surface area contributed by atoms with Gasteiger partial charge < -0.3 is 14.5 Å². The van der Waals surface area contributed by atoms with Gasteiger partial charge in [-0.2, -0.15) is 5.26 Å². The van der Waals surface area contributed by atoms with Gasteiger partial charge >= 0.3 is 6.09 Å². The van der Waals surface area contributed by atoms with E-state index in [1.54, 1.807) is 18.1 Å². The number of fused-ring (bicyclic) bond motifs is 3. The van der Waals surface area contributed by atoms with Crippen LogP contribution in [0, 0.1) is 17.1 Å². The van der Waals surface area contributed by atoms with Gasteiger partial charge in [-0.25, -0.2) is 9.18 Å². The van der Waals surface area contributed by atoms with Crippen LogP contribution in [0.15, 0.2) is 66.7 Å². The summed E-state index contributed by atoms with van der Waals surface area (Å²) in [5.74, 6) is 0.588. The first-order valence-corrected chi connectivity index (χ1v) is 10.5. The minimum atomic E-state index is -0.524. The zero-order chi connectivity index (χ0) is 22.9. The molecule has 164 valence electrons. The number of hydrogen-bond donors (Lipinski definition) is 1. The Morgan fingerprint density at radius 3 is 2.52 bits per heavy atom. The quantitative estimate of drug-likeness (QED) is 0.466. The molecule has 0 saturated heterocycles. The number of rotatable bonds is 3. The molecule has 0 saturated carbocycles. The Kier molecular flexibility index (Phi) is 5.19. The van der Waals surface area contributed by atoms with Crippen LogP contribution in [0.25, 0.3) is 10.9 Å². The lowest BCUT2D eigenvalue weighted by molar-refractivity contribution is 0.135. The van der Waals surface area contributed by atoms with Crippen LogP contribution in [0.3, 0.4) is 0 Å². The molecule has 1 aliphatic heterocycles. The number of carbonyl (C=O) groups excluding carboxylic acids is 1. The lowest BCUT2D eigenvalue weighted by atomic mass is 9.92. The number of aromatic amines is 1. The number of nitriles is 1. The Balaban J connectivity index is 1.58. The van der Waals surface area contributed by atoms with Crippen molar-refractivity contribution in [3.05, 3.63) is 94.9 Å². The number of amides is 1. The summed E-state index contributed by atoms with van der Waals surface area (Å²) >= 11 is 0. The zero-order valence-electron chi connectivity index (χ0n) is 17.8. The van der Waals surface area contributed by atoms with Crippen molar-refractivity contribution in [1.29, 1.82) is 5.26 Å². The van der Waals surface area contributed by atoms with Crippen LogP contribution in [-0.4, -0.2) is 29.6 Å². The van der Waals surface area contributed by atoms with Crippen molar-refractivity contribution in [1.82, 2.24) is 9.88 Å². The maximum atomic E-state index is 13.3. The van der Waals surface area contributed by atoms with Crippen LogP contribution in [0.4, 0.5) is 9.18 Å². The van der Waals surface area contributed by atoms with Crippen LogP contribution in [0.2, 0.25) is 0 Å². The molecule has 0 fully saturated rings. The lowest BCUT2D eigenvalue weighted by Crippen LogP contribution is -2.42. The molecule has 0 radical (unpaired) electrons. The third-order valence-electron chi connectivity index (χ3n) is 5.94. The zero-order valence-corrected chi connectivity index (χ0v) is 17.8. The Morgan fingerprint density at radius 1 is 1.09 bits per heavy atom. The van der Waals surface area contributed by atoms with Crippen molar-refractivity contribution in [2.45, 2.75) is 12.5 Å². The van der Waals surface area contributed by atoms with Crippen LogP contribution in [0.1, 0.15) is 28.4 Å². The molecule has 1 aliphatic rings. The van der Waals surface area contributed by atoms with Gasteiger partial charge in [-0.05, 0) is 72.1 Å². The highest BCUT2D eigenvalue weighted by Crippen LogP contribution is 2.39. The van der Waals surface area contributed by atoms with Gasteiger partial charge in [0, 0.05) is 23.1 Å². The topological polar surface area (TPSA) is 78.4 Å². The van der Waals surface area contributed by atoms with Gasteiger partial charge in [-0.1, -0.05) is 12.1 Å². The van der Waals surface area contributed by atoms with E-state index in [9.17, 15) is 14.4 Å². The number of benzene rings is 3. The van der Waals surface area contributed by atoms with Crippen LogP contribution in [0.5, 0.6) is 11.5 Å². The fraction of sp³-hybridized carbons (Fsp3) is 0.154. The van der Waals surface area contributed by atoms with E-state index in [2.05, 4.69) is 11.1 Å². The largest absolute Gasteiger partial charge is 0.497 e. The molecule has 6 nitrogen and oxygen atoms in total. The number of nitrogens with one attached hydrogen (secondary N) is 1. The first-order chi connectivity index (χ1) is 16.1. The summed E-state index contributed by atoms with van der Waals surface area (Å²) < 4.78 is 24.1. The molecule has 33 heavy (non-hydrogen) atoms. The Labute approximate surface area is 189 Å². The number of methoxy groups -OCH3 is 1. The van der Waals surface area contributed by atoms with Crippen LogP contribution >= 0.6 is 0 Å². The van der Waals surface area contributed by atoms with Crippen LogP contribution < -0.4 is 9.47 Å². The Morgan fingerprint density at radius 2 is 1.82 bits per heavy atom. The van der Waals surface area contributed by atoms with Crippen molar-refractivity contribution >= 4 is 17.0 Å². The highest BCUT2D eigenvalue weighted by atomic mass is 19.1. The highest BCUT2D eigenvalue weighted by molar-refractivity contribution is 5.87. The summed E-state index contributed by atoms with van der Waals surface area (Å²) in [6.07, 6.45) is 0.0829. The van der Waals surface area contributed by atoms with Gasteiger partial charge in [0.05, 0.1) is 18.7 Å². The van der Waals surface area contributed by atoms with E-state index in [0.717, 1.165) is 27.7 Å². The second-order valence-corrected chi connectivity index (χ2v) is 7.83. The molecule has 4 aromatic rings. The molecule has 5 rings (SSSR count). The molecule has 7 heteroatoms. The van der Waals surface area contributed by atoms with Crippen molar-refractivity contribution in [2.75, 3.05) is 13.7 Å². The average molecular weight is 441 g/mol. The van der Waals surface area contributed by atoms with Gasteiger partial charge in [0.1, 0.15) is 23.4 Å². The molecule has 0 bridgehead atoms. The van der Waals surface area contributed by atoms with Crippen molar-refractivity contribution < 1.29 is 18.7 Å². The van der Waals surface area contributed by atoms with Gasteiger partial charge in [-0.3, -0.25) is 4.90 Å². The molecule has 0 spiro atoms. The molecule has 3 aromatic carbocycles. The van der Waals surface area contributed by atoms with E-state index in [-0.39, 0.29) is 5.75 Å². The summed E-state index contributed by atoms with van der Waals surface area (Å²) in [6.45, 7) is 0.424. The van der Waals surface area contributed by atoms with E-state index >= 15 is 0 Å². The lowest BCUT2D eigenvalue weighted by Gasteiger charge is -2.35. The third-order valence-corrected chi connectivity index (χ3v) is 5.94. The van der Waals surface area contributed by atoms with Gasteiger partial charge in [0.15, 0.2) is 0 Å². The summed E-state index contributed by atoms with van der Waals surface area (Å²) in [5, 5.41) is 10.3. The molecular formula is C26H20FN3O3. The summed E-state index contributed by atoms with van der Waals surface area (Å²) in [5.41, 5.74) is 4.34. The Bertz CT molecular complexity index is 1370. The normalized spacial score (nSPS) is 15.1. The fourth-order valence-corrected chi connectivity index (χ4v) is 4.35. The molecular weight excluding hydrogens is 421 g/mol. The third kappa shape index (κ3) is 3.76. The standard InChI is InChI=1S/C26H20FN3O3/c1-32-19-7-3-17(4-8-19)25-24-21(22-14-16(15-28)2-11-23(22)29-24)12-13-30(25)26(31)33-20-9-5-18(27)6-10-20/h2-11,14,25,29H,12-13H2,1H3. The van der Waals surface area contributed by atoms with E-state index in [1.807, 2.05) is 36.4 Å². The number of nitrogens with zero attached hydrogens (tertiary/aromatic N) is 2.